The molecule has 4 heteroatoms. The number of benzene rings is 1. The number of piperidine rings is 1. The molecule has 1 aliphatic heterocycles. The van der Waals surface area contributed by atoms with E-state index in [9.17, 15) is 4.79 Å². The van der Waals surface area contributed by atoms with E-state index in [0.29, 0.717) is 0 Å². The Bertz CT molecular complexity index is 682. The van der Waals surface area contributed by atoms with Gasteiger partial charge in [-0.05, 0) is 69.4 Å². The first-order chi connectivity index (χ1) is 11.3. The lowest BCUT2D eigenvalue weighted by molar-refractivity contribution is 0.223. The number of hydrogen-bond acceptors (Lipinski definition) is 3. The predicted molar refractivity (Wildman–Crippen MR) is 99.6 cm³/mol. The van der Waals surface area contributed by atoms with E-state index in [0.717, 1.165) is 36.0 Å². The maximum absolute atomic E-state index is 12.3. The van der Waals surface area contributed by atoms with Crippen molar-refractivity contribution in [3.8, 4) is 0 Å². The van der Waals surface area contributed by atoms with Gasteiger partial charge in [0.05, 0.1) is 10.2 Å². The van der Waals surface area contributed by atoms with Crippen molar-refractivity contribution in [2.45, 2.75) is 58.4 Å². The van der Waals surface area contributed by atoms with E-state index in [1.54, 1.807) is 0 Å². The fourth-order valence-corrected chi connectivity index (χ4v) is 4.54. The molecule has 3 rings (SSSR count). The number of aryl methyl sites for hydroxylation is 2. The van der Waals surface area contributed by atoms with Gasteiger partial charge in [-0.2, -0.15) is 0 Å². The van der Waals surface area contributed by atoms with Gasteiger partial charge in [0, 0.05) is 6.54 Å². The number of rotatable bonds is 7. The van der Waals surface area contributed by atoms with Crippen molar-refractivity contribution in [3.63, 3.8) is 0 Å². The van der Waals surface area contributed by atoms with Gasteiger partial charge in [0.25, 0.3) is 0 Å². The van der Waals surface area contributed by atoms with E-state index in [4.69, 9.17) is 0 Å². The number of hydrogen-bond donors (Lipinski definition) is 0. The van der Waals surface area contributed by atoms with Gasteiger partial charge in [0.15, 0.2) is 0 Å². The van der Waals surface area contributed by atoms with Crippen LogP contribution in [-0.4, -0.2) is 29.1 Å². The summed E-state index contributed by atoms with van der Waals surface area (Å²) in [5, 5.41) is 0. The molecule has 0 aliphatic carbocycles. The predicted octanol–water partition coefficient (Wildman–Crippen LogP) is 4.28. The SMILES string of the molecule is CCCc1ccc2c(c1)sc(=O)n2CCCCN1CCCCC1. The van der Waals surface area contributed by atoms with Crippen LogP contribution in [-0.2, 0) is 13.0 Å². The zero-order valence-corrected chi connectivity index (χ0v) is 15.0. The molecule has 1 aliphatic rings. The molecule has 0 unspecified atom stereocenters. The first-order valence-electron chi connectivity index (χ1n) is 9.12. The second-order valence-electron chi connectivity index (χ2n) is 6.68. The average Bonchev–Trinajstić information content (AvgIpc) is 2.88. The normalized spacial score (nSPS) is 16.2. The van der Waals surface area contributed by atoms with Gasteiger partial charge in [-0.15, -0.1) is 0 Å². The largest absolute Gasteiger partial charge is 0.308 e. The molecule has 126 valence electrons. The molecule has 23 heavy (non-hydrogen) atoms. The van der Waals surface area contributed by atoms with Crippen molar-refractivity contribution in [3.05, 3.63) is 33.4 Å². The van der Waals surface area contributed by atoms with Gasteiger partial charge in [-0.1, -0.05) is 37.2 Å². The molecule has 0 bridgehead atoms. The molecule has 0 spiro atoms. The first-order valence-corrected chi connectivity index (χ1v) is 9.94. The topological polar surface area (TPSA) is 25.2 Å². The minimum atomic E-state index is 0.201. The molecule has 1 fully saturated rings. The Hall–Kier alpha value is -1.13. The van der Waals surface area contributed by atoms with Gasteiger partial charge in [0.1, 0.15) is 0 Å². The highest BCUT2D eigenvalue weighted by molar-refractivity contribution is 7.16. The summed E-state index contributed by atoms with van der Waals surface area (Å²) in [4.78, 5) is 15.1. The standard InChI is InChI=1S/C19H28N2OS/c1-2-8-16-9-10-17-18(15-16)23-19(22)21(17)14-7-6-13-20-11-4-3-5-12-20/h9-10,15H,2-8,11-14H2,1H3. The zero-order valence-electron chi connectivity index (χ0n) is 14.2. The number of thiazole rings is 1. The Labute approximate surface area is 142 Å². The Kier molecular flexibility index (Phi) is 5.90. The minimum Gasteiger partial charge on any atom is -0.303 e. The monoisotopic (exact) mass is 332 g/mol. The molecule has 0 saturated carbocycles. The number of nitrogens with zero attached hydrogens (tertiary/aromatic N) is 2. The summed E-state index contributed by atoms with van der Waals surface area (Å²) in [5.41, 5.74) is 2.47. The zero-order chi connectivity index (χ0) is 16.1. The molecular weight excluding hydrogens is 304 g/mol. The van der Waals surface area contributed by atoms with Crippen LogP contribution < -0.4 is 4.87 Å². The minimum absolute atomic E-state index is 0.201. The third-order valence-corrected chi connectivity index (χ3v) is 5.77. The Morgan fingerprint density at radius 1 is 1.09 bits per heavy atom. The van der Waals surface area contributed by atoms with Gasteiger partial charge in [-0.3, -0.25) is 9.36 Å². The van der Waals surface area contributed by atoms with E-state index < -0.39 is 0 Å². The van der Waals surface area contributed by atoms with Crippen molar-refractivity contribution < 1.29 is 0 Å². The summed E-state index contributed by atoms with van der Waals surface area (Å²) in [7, 11) is 0. The third kappa shape index (κ3) is 4.24. The Morgan fingerprint density at radius 3 is 2.65 bits per heavy atom. The lowest BCUT2D eigenvalue weighted by atomic mass is 10.1. The van der Waals surface area contributed by atoms with Gasteiger partial charge in [0.2, 0.25) is 0 Å². The van der Waals surface area contributed by atoms with Crippen LogP contribution in [0.25, 0.3) is 10.2 Å². The highest BCUT2D eigenvalue weighted by Gasteiger charge is 2.10. The van der Waals surface area contributed by atoms with Crippen LogP contribution >= 0.6 is 11.3 Å². The van der Waals surface area contributed by atoms with E-state index in [-0.39, 0.29) is 4.87 Å². The molecule has 0 radical (unpaired) electrons. The van der Waals surface area contributed by atoms with Crippen LogP contribution in [0, 0.1) is 0 Å². The first kappa shape index (κ1) is 16.7. The second kappa shape index (κ2) is 8.11. The fourth-order valence-electron chi connectivity index (χ4n) is 3.56. The number of aromatic nitrogens is 1. The molecule has 0 N–H and O–H groups in total. The summed E-state index contributed by atoms with van der Waals surface area (Å²) in [6.07, 6.45) is 8.64. The van der Waals surface area contributed by atoms with Crippen molar-refractivity contribution >= 4 is 21.6 Å². The lowest BCUT2D eigenvalue weighted by Crippen LogP contribution is -2.30. The van der Waals surface area contributed by atoms with Crippen LogP contribution in [0.4, 0.5) is 0 Å². The van der Waals surface area contributed by atoms with Crippen molar-refractivity contribution in [2.24, 2.45) is 0 Å². The smallest absolute Gasteiger partial charge is 0.303 e. The number of fused-ring (bicyclic) bond motifs is 1. The molecule has 1 aromatic heterocycles. The van der Waals surface area contributed by atoms with Gasteiger partial charge < -0.3 is 4.90 Å². The second-order valence-corrected chi connectivity index (χ2v) is 7.67. The summed E-state index contributed by atoms with van der Waals surface area (Å²) in [6.45, 7) is 6.78. The third-order valence-electron chi connectivity index (χ3n) is 4.83. The average molecular weight is 333 g/mol. The number of unbranched alkanes of at least 4 members (excludes halogenated alkanes) is 1. The summed E-state index contributed by atoms with van der Waals surface area (Å²) in [6, 6.07) is 6.53. The number of likely N-dealkylation sites (tertiary alicyclic amines) is 1. The van der Waals surface area contributed by atoms with E-state index >= 15 is 0 Å². The molecule has 2 heterocycles. The van der Waals surface area contributed by atoms with Crippen LogP contribution in [0.1, 0.15) is 51.0 Å². The molecule has 0 amide bonds. The maximum Gasteiger partial charge on any atom is 0.308 e. The molecule has 1 saturated heterocycles. The maximum atomic E-state index is 12.3. The quantitative estimate of drug-likeness (QED) is 0.707. The van der Waals surface area contributed by atoms with E-state index in [2.05, 4.69) is 30.0 Å². The molecule has 2 aromatic rings. The summed E-state index contributed by atoms with van der Waals surface area (Å²) in [5.74, 6) is 0. The van der Waals surface area contributed by atoms with Crippen molar-refractivity contribution in [1.29, 1.82) is 0 Å². The van der Waals surface area contributed by atoms with Crippen molar-refractivity contribution in [2.75, 3.05) is 19.6 Å². The van der Waals surface area contributed by atoms with Crippen LogP contribution in [0.3, 0.4) is 0 Å². The highest BCUT2D eigenvalue weighted by atomic mass is 32.1. The lowest BCUT2D eigenvalue weighted by Gasteiger charge is -2.26. The summed E-state index contributed by atoms with van der Waals surface area (Å²) < 4.78 is 3.13. The Balaban J connectivity index is 1.58. The van der Waals surface area contributed by atoms with Crippen LogP contribution in [0.15, 0.2) is 23.0 Å². The van der Waals surface area contributed by atoms with E-state index in [1.807, 2.05) is 4.57 Å². The van der Waals surface area contributed by atoms with Gasteiger partial charge >= 0.3 is 4.87 Å². The Morgan fingerprint density at radius 2 is 1.87 bits per heavy atom. The van der Waals surface area contributed by atoms with Gasteiger partial charge in [-0.25, -0.2) is 0 Å². The molecule has 1 aromatic carbocycles. The molecule has 3 nitrogen and oxygen atoms in total. The van der Waals surface area contributed by atoms with Crippen LogP contribution in [0.5, 0.6) is 0 Å². The van der Waals surface area contributed by atoms with E-state index in [1.165, 1.54) is 62.2 Å². The fraction of sp³-hybridized carbons (Fsp3) is 0.632. The summed E-state index contributed by atoms with van der Waals surface area (Å²) >= 11 is 1.40. The highest BCUT2D eigenvalue weighted by Crippen LogP contribution is 2.20. The molecule has 0 atom stereocenters. The van der Waals surface area contributed by atoms with Crippen molar-refractivity contribution in [1.82, 2.24) is 9.47 Å². The molecular formula is C19H28N2OS. The van der Waals surface area contributed by atoms with Crippen LogP contribution in [0.2, 0.25) is 0 Å².